The second-order valence-electron chi connectivity index (χ2n) is 7.67. The van der Waals surface area contributed by atoms with Gasteiger partial charge in [0.25, 0.3) is 0 Å². The molecule has 1 aromatic carbocycles. The fraction of sp³-hybridized carbons (Fsp3) is 0.667. The van der Waals surface area contributed by atoms with E-state index in [9.17, 15) is 8.42 Å². The molecule has 3 nitrogen and oxygen atoms in total. The standard InChI is InChI=1S/C18H28O3S/c1-9-18(7,8)22(19,20)16-12(3)11(2)15-14(13(16)4)10-17(5,6)21-15/h9-10H2,1-8H3. The Morgan fingerprint density at radius 3 is 2.14 bits per heavy atom. The Labute approximate surface area is 135 Å². The lowest BCUT2D eigenvalue weighted by Crippen LogP contribution is -2.32. The third-order valence-electron chi connectivity index (χ3n) is 5.14. The molecule has 0 aliphatic carbocycles. The summed E-state index contributed by atoms with van der Waals surface area (Å²) in [6.45, 7) is 15.4. The normalized spacial score (nSPS) is 17.3. The van der Waals surface area contributed by atoms with Gasteiger partial charge in [-0.3, -0.25) is 0 Å². The highest BCUT2D eigenvalue weighted by molar-refractivity contribution is 7.92. The maximum atomic E-state index is 13.2. The van der Waals surface area contributed by atoms with Crippen molar-refractivity contribution in [3.63, 3.8) is 0 Å². The van der Waals surface area contributed by atoms with Crippen molar-refractivity contribution in [3.05, 3.63) is 22.3 Å². The van der Waals surface area contributed by atoms with Crippen molar-refractivity contribution in [1.82, 2.24) is 0 Å². The van der Waals surface area contributed by atoms with Crippen molar-refractivity contribution >= 4 is 9.84 Å². The third kappa shape index (κ3) is 2.36. The number of benzene rings is 1. The zero-order valence-corrected chi connectivity index (χ0v) is 15.9. The summed E-state index contributed by atoms with van der Waals surface area (Å²) in [6.07, 6.45) is 1.34. The maximum absolute atomic E-state index is 13.2. The average Bonchev–Trinajstić information content (AvgIpc) is 2.72. The number of sulfone groups is 1. The van der Waals surface area contributed by atoms with Gasteiger partial charge in [-0.15, -0.1) is 0 Å². The van der Waals surface area contributed by atoms with Gasteiger partial charge < -0.3 is 4.74 Å². The zero-order chi connectivity index (χ0) is 17.1. The molecular weight excluding hydrogens is 296 g/mol. The highest BCUT2D eigenvalue weighted by Crippen LogP contribution is 2.45. The minimum absolute atomic E-state index is 0.271. The smallest absolute Gasteiger partial charge is 0.184 e. The van der Waals surface area contributed by atoms with E-state index in [0.29, 0.717) is 11.3 Å². The number of hydrogen-bond acceptors (Lipinski definition) is 3. The number of fused-ring (bicyclic) bond motifs is 1. The van der Waals surface area contributed by atoms with Gasteiger partial charge in [-0.25, -0.2) is 8.42 Å². The van der Waals surface area contributed by atoms with Crippen molar-refractivity contribution < 1.29 is 13.2 Å². The molecule has 0 aromatic heterocycles. The summed E-state index contributed by atoms with van der Waals surface area (Å²) >= 11 is 0. The van der Waals surface area contributed by atoms with E-state index in [1.54, 1.807) is 0 Å². The van der Waals surface area contributed by atoms with Crippen LogP contribution in [-0.2, 0) is 16.3 Å². The Bertz CT molecular complexity index is 725. The van der Waals surface area contributed by atoms with Crippen molar-refractivity contribution in [2.24, 2.45) is 0 Å². The lowest BCUT2D eigenvalue weighted by atomic mass is 9.94. The monoisotopic (exact) mass is 324 g/mol. The van der Waals surface area contributed by atoms with Gasteiger partial charge in [-0.2, -0.15) is 0 Å². The molecule has 4 heteroatoms. The average molecular weight is 324 g/mol. The first-order valence-corrected chi connectivity index (χ1v) is 9.40. The van der Waals surface area contributed by atoms with Crippen LogP contribution in [0.25, 0.3) is 0 Å². The van der Waals surface area contributed by atoms with Crippen molar-refractivity contribution in [3.8, 4) is 5.75 Å². The Balaban J connectivity index is 2.80. The summed E-state index contributed by atoms with van der Waals surface area (Å²) in [4.78, 5) is 0.511. The molecular formula is C18H28O3S. The lowest BCUT2D eigenvalue weighted by Gasteiger charge is -2.27. The van der Waals surface area contributed by atoms with E-state index >= 15 is 0 Å². The first kappa shape index (κ1) is 17.3. The van der Waals surface area contributed by atoms with Crippen LogP contribution in [0.15, 0.2) is 4.90 Å². The van der Waals surface area contributed by atoms with Gasteiger partial charge in [0.05, 0.1) is 9.64 Å². The van der Waals surface area contributed by atoms with Crippen LogP contribution in [-0.4, -0.2) is 18.8 Å². The highest BCUT2D eigenvalue weighted by Gasteiger charge is 2.41. The summed E-state index contributed by atoms with van der Waals surface area (Å²) in [5, 5.41) is 0. The topological polar surface area (TPSA) is 43.4 Å². The van der Waals surface area contributed by atoms with Crippen LogP contribution in [0.3, 0.4) is 0 Å². The minimum Gasteiger partial charge on any atom is -0.487 e. The molecule has 1 aliphatic heterocycles. The molecule has 22 heavy (non-hydrogen) atoms. The molecule has 0 amide bonds. The van der Waals surface area contributed by atoms with Crippen LogP contribution >= 0.6 is 0 Å². The molecule has 0 N–H and O–H groups in total. The second-order valence-corrected chi connectivity index (χ2v) is 10.2. The Morgan fingerprint density at radius 2 is 1.64 bits per heavy atom. The number of ether oxygens (including phenoxy) is 1. The largest absolute Gasteiger partial charge is 0.487 e. The van der Waals surface area contributed by atoms with Crippen LogP contribution in [0, 0.1) is 20.8 Å². The van der Waals surface area contributed by atoms with Gasteiger partial charge >= 0.3 is 0 Å². The lowest BCUT2D eigenvalue weighted by molar-refractivity contribution is 0.137. The summed E-state index contributed by atoms with van der Waals surface area (Å²) in [6, 6.07) is 0. The van der Waals surface area contributed by atoms with Crippen LogP contribution in [0.4, 0.5) is 0 Å². The number of rotatable bonds is 3. The van der Waals surface area contributed by atoms with Crippen LogP contribution in [0.1, 0.15) is 63.3 Å². The Morgan fingerprint density at radius 1 is 1.09 bits per heavy atom. The van der Waals surface area contributed by atoms with Gasteiger partial charge in [-0.1, -0.05) is 6.92 Å². The van der Waals surface area contributed by atoms with E-state index in [4.69, 9.17) is 4.74 Å². The minimum atomic E-state index is -3.39. The predicted molar refractivity (Wildman–Crippen MR) is 90.6 cm³/mol. The molecule has 0 bridgehead atoms. The van der Waals surface area contributed by atoms with Gasteiger partial charge in [-0.05, 0) is 71.6 Å². The molecule has 0 saturated heterocycles. The van der Waals surface area contributed by atoms with E-state index in [2.05, 4.69) is 0 Å². The second kappa shape index (κ2) is 4.98. The van der Waals surface area contributed by atoms with Crippen LogP contribution < -0.4 is 4.74 Å². The summed E-state index contributed by atoms with van der Waals surface area (Å²) < 4.78 is 31.7. The van der Waals surface area contributed by atoms with Crippen molar-refractivity contribution in [2.45, 2.75) is 83.5 Å². The Hall–Kier alpha value is -1.03. The van der Waals surface area contributed by atoms with E-state index in [-0.39, 0.29) is 5.60 Å². The molecule has 0 saturated carbocycles. The quantitative estimate of drug-likeness (QED) is 0.833. The fourth-order valence-electron chi connectivity index (χ4n) is 3.11. The van der Waals surface area contributed by atoms with Gasteiger partial charge in [0.15, 0.2) is 9.84 Å². The number of hydrogen-bond donors (Lipinski definition) is 0. The summed E-state index contributed by atoms with van der Waals surface area (Å²) in [5.41, 5.74) is 3.43. The summed E-state index contributed by atoms with van der Waals surface area (Å²) in [5.74, 6) is 0.883. The molecule has 1 aromatic rings. The van der Waals surface area contributed by atoms with E-state index in [1.165, 1.54) is 0 Å². The van der Waals surface area contributed by atoms with Crippen molar-refractivity contribution in [2.75, 3.05) is 0 Å². The van der Waals surface area contributed by atoms with E-state index in [1.807, 2.05) is 55.4 Å². The third-order valence-corrected chi connectivity index (χ3v) is 8.03. The van der Waals surface area contributed by atoms with Crippen molar-refractivity contribution in [1.29, 1.82) is 0 Å². The van der Waals surface area contributed by atoms with E-state index < -0.39 is 14.6 Å². The summed E-state index contributed by atoms with van der Waals surface area (Å²) in [7, 11) is -3.39. The molecule has 0 spiro atoms. The molecule has 0 unspecified atom stereocenters. The van der Waals surface area contributed by atoms with Gasteiger partial charge in [0, 0.05) is 12.0 Å². The first-order valence-electron chi connectivity index (χ1n) is 7.92. The molecule has 124 valence electrons. The molecule has 1 aliphatic rings. The highest BCUT2D eigenvalue weighted by atomic mass is 32.2. The molecule has 2 rings (SSSR count). The van der Waals surface area contributed by atoms with Gasteiger partial charge in [0.2, 0.25) is 0 Å². The SMILES string of the molecule is CCC(C)(C)S(=O)(=O)c1c(C)c(C)c2c(c1C)CC(C)(C)O2. The predicted octanol–water partition coefficient (Wildman–Crippen LogP) is 4.29. The Kier molecular flexibility index (Phi) is 3.93. The van der Waals surface area contributed by atoms with E-state index in [0.717, 1.165) is 34.4 Å². The molecule has 1 heterocycles. The van der Waals surface area contributed by atoms with Gasteiger partial charge in [0.1, 0.15) is 11.4 Å². The molecule has 0 fully saturated rings. The first-order chi connectivity index (χ1) is 9.85. The van der Waals surface area contributed by atoms with Crippen LogP contribution in [0.2, 0.25) is 0 Å². The maximum Gasteiger partial charge on any atom is 0.184 e. The molecule has 0 radical (unpaired) electrons. The molecule has 0 atom stereocenters. The zero-order valence-electron chi connectivity index (χ0n) is 15.0. The fourth-order valence-corrected chi connectivity index (χ4v) is 5.13. The van der Waals surface area contributed by atoms with Crippen LogP contribution in [0.5, 0.6) is 5.75 Å².